The lowest BCUT2D eigenvalue weighted by molar-refractivity contribution is -0.120. The molecule has 3 rings (SSSR count). The predicted molar refractivity (Wildman–Crippen MR) is 95.3 cm³/mol. The number of rotatable bonds is 5. The summed E-state index contributed by atoms with van der Waals surface area (Å²) in [7, 11) is 0. The molecule has 1 atom stereocenters. The van der Waals surface area contributed by atoms with Crippen LogP contribution in [-0.2, 0) is 16.1 Å². The van der Waals surface area contributed by atoms with Crippen LogP contribution in [0.1, 0.15) is 15.9 Å². The molecule has 0 aliphatic carbocycles. The van der Waals surface area contributed by atoms with Gasteiger partial charge < -0.3 is 20.7 Å². The highest BCUT2D eigenvalue weighted by Gasteiger charge is 2.21. The first-order valence-corrected chi connectivity index (χ1v) is 8.36. The van der Waals surface area contributed by atoms with E-state index < -0.39 is 0 Å². The molecule has 0 aromatic heterocycles. The van der Waals surface area contributed by atoms with Gasteiger partial charge in [0.2, 0.25) is 5.91 Å². The molecular weight excluding hydrogens is 337 g/mol. The summed E-state index contributed by atoms with van der Waals surface area (Å²) in [5.41, 5.74) is 1.90. The second-order valence-corrected chi connectivity index (χ2v) is 5.96. The van der Waals surface area contributed by atoms with Gasteiger partial charge in [0.1, 0.15) is 11.9 Å². The van der Waals surface area contributed by atoms with Gasteiger partial charge in [0.25, 0.3) is 5.91 Å². The van der Waals surface area contributed by atoms with Gasteiger partial charge in [-0.1, -0.05) is 12.1 Å². The quantitative estimate of drug-likeness (QED) is 0.761. The summed E-state index contributed by atoms with van der Waals surface area (Å²) in [5, 5.41) is 8.64. The summed E-state index contributed by atoms with van der Waals surface area (Å²) >= 11 is 0. The summed E-state index contributed by atoms with van der Waals surface area (Å²) < 4.78 is 18.1. The summed E-state index contributed by atoms with van der Waals surface area (Å²) in [6, 6.07) is 12.2. The summed E-state index contributed by atoms with van der Waals surface area (Å²) in [6.07, 6.45) is 0. The smallest absolute Gasteiger partial charge is 0.251 e. The zero-order valence-corrected chi connectivity index (χ0v) is 14.1. The molecule has 6 nitrogen and oxygen atoms in total. The molecule has 26 heavy (non-hydrogen) atoms. The summed E-state index contributed by atoms with van der Waals surface area (Å²) in [4.78, 5) is 24.3. The number of morpholine rings is 1. The molecule has 2 aromatic carbocycles. The normalized spacial score (nSPS) is 16.7. The van der Waals surface area contributed by atoms with Gasteiger partial charge in [0, 0.05) is 24.3 Å². The first-order valence-electron chi connectivity index (χ1n) is 8.36. The van der Waals surface area contributed by atoms with Crippen molar-refractivity contribution in [3.05, 3.63) is 65.5 Å². The predicted octanol–water partition coefficient (Wildman–Crippen LogP) is 1.68. The van der Waals surface area contributed by atoms with Gasteiger partial charge in [0.15, 0.2) is 0 Å². The van der Waals surface area contributed by atoms with Gasteiger partial charge in [-0.25, -0.2) is 4.39 Å². The van der Waals surface area contributed by atoms with E-state index >= 15 is 0 Å². The lowest BCUT2D eigenvalue weighted by Crippen LogP contribution is -2.48. The highest BCUT2D eigenvalue weighted by atomic mass is 19.1. The van der Waals surface area contributed by atoms with Crippen LogP contribution in [0.25, 0.3) is 0 Å². The van der Waals surface area contributed by atoms with Crippen LogP contribution in [-0.4, -0.2) is 37.6 Å². The number of halogens is 1. The summed E-state index contributed by atoms with van der Waals surface area (Å²) in [5.74, 6) is -0.722. The van der Waals surface area contributed by atoms with Crippen molar-refractivity contribution >= 4 is 17.5 Å². The standard InChI is InChI=1S/C19H20FN3O3/c20-15-5-1-13(2-6-15)11-22-18(24)14-3-7-16(8-4-14)23-19(25)17-12-26-10-9-21-17/h1-8,17,21H,9-12H2,(H,22,24)(H,23,25). The molecule has 136 valence electrons. The lowest BCUT2D eigenvalue weighted by atomic mass is 10.1. The van der Waals surface area contributed by atoms with Crippen LogP contribution in [0.15, 0.2) is 48.5 Å². The number of hydrogen-bond acceptors (Lipinski definition) is 4. The van der Waals surface area contributed by atoms with E-state index in [0.29, 0.717) is 37.6 Å². The fourth-order valence-electron chi connectivity index (χ4n) is 2.55. The van der Waals surface area contributed by atoms with E-state index in [1.165, 1.54) is 12.1 Å². The number of ether oxygens (including phenoxy) is 1. The highest BCUT2D eigenvalue weighted by molar-refractivity contribution is 5.97. The second kappa shape index (κ2) is 8.55. The topological polar surface area (TPSA) is 79.5 Å². The number of anilines is 1. The Bertz CT molecular complexity index is 757. The molecule has 1 aliphatic heterocycles. The van der Waals surface area contributed by atoms with Crippen LogP contribution in [0.4, 0.5) is 10.1 Å². The molecule has 1 unspecified atom stereocenters. The van der Waals surface area contributed by atoms with Crippen molar-refractivity contribution in [1.29, 1.82) is 0 Å². The second-order valence-electron chi connectivity index (χ2n) is 5.96. The third-order valence-electron chi connectivity index (χ3n) is 4.02. The van der Waals surface area contributed by atoms with Crippen LogP contribution in [0.5, 0.6) is 0 Å². The minimum absolute atomic E-state index is 0.168. The fourth-order valence-corrected chi connectivity index (χ4v) is 2.55. The maximum Gasteiger partial charge on any atom is 0.251 e. The van der Waals surface area contributed by atoms with Gasteiger partial charge in [0.05, 0.1) is 13.2 Å². The van der Waals surface area contributed by atoms with E-state index in [1.54, 1.807) is 36.4 Å². The minimum atomic E-state index is -0.373. The number of nitrogens with one attached hydrogen (secondary N) is 3. The Hall–Kier alpha value is -2.77. The SMILES string of the molecule is O=C(NCc1ccc(F)cc1)c1ccc(NC(=O)C2COCCN2)cc1. The maximum absolute atomic E-state index is 12.9. The molecule has 1 heterocycles. The van der Waals surface area contributed by atoms with Crippen molar-refractivity contribution in [2.24, 2.45) is 0 Å². The molecule has 7 heteroatoms. The Balaban J connectivity index is 1.52. The molecule has 1 fully saturated rings. The molecule has 0 spiro atoms. The van der Waals surface area contributed by atoms with Crippen LogP contribution < -0.4 is 16.0 Å². The maximum atomic E-state index is 12.9. The van der Waals surface area contributed by atoms with Crippen LogP contribution in [0.3, 0.4) is 0 Å². The third-order valence-corrected chi connectivity index (χ3v) is 4.02. The fraction of sp³-hybridized carbons (Fsp3) is 0.263. The van der Waals surface area contributed by atoms with Gasteiger partial charge >= 0.3 is 0 Å². The molecule has 2 amide bonds. The van der Waals surface area contributed by atoms with Gasteiger partial charge in [-0.3, -0.25) is 9.59 Å². The van der Waals surface area contributed by atoms with Crippen LogP contribution >= 0.6 is 0 Å². The van der Waals surface area contributed by atoms with E-state index in [1.807, 2.05) is 0 Å². The molecule has 1 aliphatic rings. The summed E-state index contributed by atoms with van der Waals surface area (Å²) in [6.45, 7) is 1.90. The van der Waals surface area contributed by atoms with Crippen molar-refractivity contribution in [2.75, 3.05) is 25.1 Å². The number of hydrogen-bond donors (Lipinski definition) is 3. The molecule has 0 bridgehead atoms. The largest absolute Gasteiger partial charge is 0.378 e. The van der Waals surface area contributed by atoms with Crippen LogP contribution in [0, 0.1) is 5.82 Å². The van der Waals surface area contributed by atoms with Crippen molar-refractivity contribution in [3.63, 3.8) is 0 Å². The molecule has 2 aromatic rings. The molecule has 1 saturated heterocycles. The van der Waals surface area contributed by atoms with Crippen molar-refractivity contribution in [3.8, 4) is 0 Å². The lowest BCUT2D eigenvalue weighted by Gasteiger charge is -2.22. The van der Waals surface area contributed by atoms with E-state index in [0.717, 1.165) is 5.56 Å². The number of benzene rings is 2. The molecule has 0 radical (unpaired) electrons. The van der Waals surface area contributed by atoms with Crippen LogP contribution in [0.2, 0.25) is 0 Å². The van der Waals surface area contributed by atoms with E-state index in [2.05, 4.69) is 16.0 Å². The van der Waals surface area contributed by atoms with Crippen molar-refractivity contribution in [2.45, 2.75) is 12.6 Å². The zero-order valence-electron chi connectivity index (χ0n) is 14.1. The number of carbonyl (C=O) groups is 2. The highest BCUT2D eigenvalue weighted by Crippen LogP contribution is 2.11. The van der Waals surface area contributed by atoms with Gasteiger partial charge in [-0.05, 0) is 42.0 Å². The first-order chi connectivity index (χ1) is 12.6. The average molecular weight is 357 g/mol. The Kier molecular flexibility index (Phi) is 5.93. The van der Waals surface area contributed by atoms with Crippen molar-refractivity contribution in [1.82, 2.24) is 10.6 Å². The molecule has 0 saturated carbocycles. The Labute approximate surface area is 150 Å². The molecular formula is C19H20FN3O3. The average Bonchev–Trinajstić information content (AvgIpc) is 2.68. The molecule has 3 N–H and O–H groups in total. The Morgan fingerprint density at radius 2 is 1.85 bits per heavy atom. The minimum Gasteiger partial charge on any atom is -0.378 e. The Morgan fingerprint density at radius 3 is 2.50 bits per heavy atom. The number of carbonyl (C=O) groups excluding carboxylic acids is 2. The van der Waals surface area contributed by atoms with Crippen molar-refractivity contribution < 1.29 is 18.7 Å². The zero-order chi connectivity index (χ0) is 18.4. The van der Waals surface area contributed by atoms with Gasteiger partial charge in [-0.2, -0.15) is 0 Å². The number of amides is 2. The van der Waals surface area contributed by atoms with Gasteiger partial charge in [-0.15, -0.1) is 0 Å². The monoisotopic (exact) mass is 357 g/mol. The third kappa shape index (κ3) is 4.87. The van der Waals surface area contributed by atoms with E-state index in [9.17, 15) is 14.0 Å². The first kappa shape index (κ1) is 18.0. The van der Waals surface area contributed by atoms with E-state index in [4.69, 9.17) is 4.74 Å². The Morgan fingerprint density at radius 1 is 1.12 bits per heavy atom. The van der Waals surface area contributed by atoms with E-state index in [-0.39, 0.29) is 23.7 Å².